The average Bonchev–Trinajstić information content (AvgIpc) is 3.38. The molecule has 198 valence electrons. The third-order valence-electron chi connectivity index (χ3n) is 6.34. The molecule has 0 unspecified atom stereocenters. The molecule has 0 aliphatic rings. The SMILES string of the molecule is Cc1ccc(-c2ccccc2)n1-c1ccc(C(=O)N/N=C/c2ccccc2OCc2cccc([N+](=O)[O-])c2)cc1. The molecule has 8 heteroatoms. The summed E-state index contributed by atoms with van der Waals surface area (Å²) >= 11 is 0. The fourth-order valence-electron chi connectivity index (χ4n) is 4.34. The number of hydrogen-bond donors (Lipinski definition) is 1. The molecular weight excluding hydrogens is 504 g/mol. The van der Waals surface area contributed by atoms with E-state index in [1.54, 1.807) is 36.4 Å². The number of benzene rings is 4. The van der Waals surface area contributed by atoms with Crippen LogP contribution < -0.4 is 10.2 Å². The summed E-state index contributed by atoms with van der Waals surface area (Å²) in [6, 6.07) is 35.2. The van der Waals surface area contributed by atoms with Crippen molar-refractivity contribution in [2.45, 2.75) is 13.5 Å². The molecule has 0 fully saturated rings. The van der Waals surface area contributed by atoms with Gasteiger partial charge >= 0.3 is 0 Å². The van der Waals surface area contributed by atoms with Crippen LogP contribution in [-0.2, 0) is 6.61 Å². The summed E-state index contributed by atoms with van der Waals surface area (Å²) in [5, 5.41) is 15.1. The molecule has 1 heterocycles. The molecule has 8 nitrogen and oxygen atoms in total. The monoisotopic (exact) mass is 530 g/mol. The Morgan fingerprint density at radius 1 is 0.925 bits per heavy atom. The molecule has 1 aromatic heterocycles. The number of para-hydroxylation sites is 1. The van der Waals surface area contributed by atoms with Crippen molar-refractivity contribution in [2.24, 2.45) is 5.10 Å². The Hall–Kier alpha value is -5.50. The number of nitro benzene ring substituents is 1. The number of hydrogen-bond acceptors (Lipinski definition) is 5. The molecule has 0 saturated carbocycles. The van der Waals surface area contributed by atoms with Gasteiger partial charge in [-0.25, -0.2) is 5.43 Å². The third kappa shape index (κ3) is 5.97. The first-order valence-electron chi connectivity index (χ1n) is 12.6. The molecule has 5 rings (SSSR count). The summed E-state index contributed by atoms with van der Waals surface area (Å²) in [5.74, 6) is 0.193. The molecule has 5 aromatic rings. The summed E-state index contributed by atoms with van der Waals surface area (Å²) < 4.78 is 8.02. The van der Waals surface area contributed by atoms with E-state index in [0.717, 1.165) is 22.6 Å². The van der Waals surface area contributed by atoms with E-state index in [-0.39, 0.29) is 18.2 Å². The lowest BCUT2D eigenvalue weighted by Crippen LogP contribution is -2.17. The highest BCUT2D eigenvalue weighted by Gasteiger charge is 2.11. The maximum absolute atomic E-state index is 12.8. The largest absolute Gasteiger partial charge is 0.488 e. The van der Waals surface area contributed by atoms with Gasteiger partial charge in [0.05, 0.1) is 16.8 Å². The van der Waals surface area contributed by atoms with Gasteiger partial charge in [-0.2, -0.15) is 5.10 Å². The maximum Gasteiger partial charge on any atom is 0.271 e. The molecule has 0 radical (unpaired) electrons. The Morgan fingerprint density at radius 2 is 1.68 bits per heavy atom. The number of nitrogens with one attached hydrogen (secondary N) is 1. The van der Waals surface area contributed by atoms with E-state index in [9.17, 15) is 14.9 Å². The van der Waals surface area contributed by atoms with Gasteiger partial charge < -0.3 is 9.30 Å². The van der Waals surface area contributed by atoms with Crippen molar-refractivity contribution < 1.29 is 14.5 Å². The van der Waals surface area contributed by atoms with Crippen molar-refractivity contribution in [1.29, 1.82) is 0 Å². The van der Waals surface area contributed by atoms with Gasteiger partial charge in [0.2, 0.25) is 0 Å². The molecule has 0 aliphatic carbocycles. The Bertz CT molecular complexity index is 1680. The van der Waals surface area contributed by atoms with Crippen molar-refractivity contribution in [3.05, 3.63) is 148 Å². The van der Waals surface area contributed by atoms with E-state index in [1.807, 2.05) is 49.4 Å². The van der Waals surface area contributed by atoms with E-state index in [1.165, 1.54) is 18.3 Å². The number of carbonyl (C=O) groups is 1. The van der Waals surface area contributed by atoms with Gasteiger partial charge in [0, 0.05) is 34.6 Å². The quantitative estimate of drug-likeness (QED) is 0.130. The summed E-state index contributed by atoms with van der Waals surface area (Å²) in [6.07, 6.45) is 1.50. The van der Waals surface area contributed by atoms with Gasteiger partial charge in [-0.05, 0) is 66.6 Å². The molecule has 4 aromatic carbocycles. The summed E-state index contributed by atoms with van der Waals surface area (Å²) in [4.78, 5) is 23.3. The topological polar surface area (TPSA) is 98.8 Å². The second-order valence-electron chi connectivity index (χ2n) is 9.06. The number of nitro groups is 1. The van der Waals surface area contributed by atoms with E-state index in [0.29, 0.717) is 22.4 Å². The minimum absolute atomic E-state index is 0.00632. The molecule has 0 atom stereocenters. The number of aryl methyl sites for hydroxylation is 1. The number of ether oxygens (including phenoxy) is 1. The number of amides is 1. The van der Waals surface area contributed by atoms with E-state index in [4.69, 9.17) is 4.74 Å². The summed E-state index contributed by atoms with van der Waals surface area (Å²) in [6.45, 7) is 2.20. The average molecular weight is 531 g/mol. The zero-order valence-electron chi connectivity index (χ0n) is 21.7. The zero-order valence-corrected chi connectivity index (χ0v) is 21.7. The highest BCUT2D eigenvalue weighted by Crippen LogP contribution is 2.26. The maximum atomic E-state index is 12.8. The molecule has 0 spiro atoms. The lowest BCUT2D eigenvalue weighted by atomic mass is 10.1. The van der Waals surface area contributed by atoms with Gasteiger partial charge in [0.1, 0.15) is 12.4 Å². The zero-order chi connectivity index (χ0) is 27.9. The van der Waals surface area contributed by atoms with Crippen molar-refractivity contribution in [2.75, 3.05) is 0 Å². The fraction of sp³-hybridized carbons (Fsp3) is 0.0625. The lowest BCUT2D eigenvalue weighted by Gasteiger charge is -2.13. The van der Waals surface area contributed by atoms with E-state index in [2.05, 4.69) is 39.4 Å². The van der Waals surface area contributed by atoms with Crippen LogP contribution in [0.2, 0.25) is 0 Å². The van der Waals surface area contributed by atoms with Crippen molar-refractivity contribution in [1.82, 2.24) is 9.99 Å². The van der Waals surface area contributed by atoms with Gasteiger partial charge in [-0.15, -0.1) is 0 Å². The minimum atomic E-state index is -0.441. The first-order chi connectivity index (χ1) is 19.5. The second kappa shape index (κ2) is 11.9. The predicted molar refractivity (Wildman–Crippen MR) is 155 cm³/mol. The minimum Gasteiger partial charge on any atom is -0.488 e. The van der Waals surface area contributed by atoms with Crippen LogP contribution >= 0.6 is 0 Å². The summed E-state index contributed by atoms with van der Waals surface area (Å²) in [7, 11) is 0. The lowest BCUT2D eigenvalue weighted by molar-refractivity contribution is -0.384. The number of rotatable bonds is 9. The number of carbonyl (C=O) groups excluding carboxylic acids is 1. The smallest absolute Gasteiger partial charge is 0.271 e. The van der Waals surface area contributed by atoms with Crippen LogP contribution in [0.25, 0.3) is 16.9 Å². The normalized spacial score (nSPS) is 10.9. The first kappa shape index (κ1) is 26.1. The molecular formula is C32H26N4O4. The van der Waals surface area contributed by atoms with Gasteiger partial charge in [-0.3, -0.25) is 14.9 Å². The van der Waals surface area contributed by atoms with Crippen LogP contribution in [0.3, 0.4) is 0 Å². The van der Waals surface area contributed by atoms with Crippen molar-refractivity contribution in [3.63, 3.8) is 0 Å². The molecule has 40 heavy (non-hydrogen) atoms. The van der Waals surface area contributed by atoms with Crippen LogP contribution in [0.1, 0.15) is 27.2 Å². The van der Waals surface area contributed by atoms with Crippen LogP contribution in [0.15, 0.2) is 120 Å². The van der Waals surface area contributed by atoms with Crippen LogP contribution in [0.5, 0.6) is 5.75 Å². The predicted octanol–water partition coefficient (Wildman–Crippen LogP) is 6.70. The van der Waals surface area contributed by atoms with Crippen LogP contribution in [0.4, 0.5) is 5.69 Å². The second-order valence-corrected chi connectivity index (χ2v) is 9.06. The number of non-ortho nitro benzene ring substituents is 1. The standard InChI is InChI=1S/C32H26N4O4/c1-23-14-19-30(25-9-3-2-4-10-25)35(23)28-17-15-26(16-18-28)32(37)34-33-21-27-11-5-6-13-31(27)40-22-24-8-7-12-29(20-24)36(38)39/h2-21H,22H2,1H3,(H,34,37)/b33-21+. The Morgan fingerprint density at radius 3 is 2.45 bits per heavy atom. The molecule has 1 amide bonds. The van der Waals surface area contributed by atoms with Gasteiger partial charge in [-0.1, -0.05) is 54.6 Å². The Kier molecular flexibility index (Phi) is 7.78. The molecule has 1 N–H and O–H groups in total. The molecule has 0 bridgehead atoms. The van der Waals surface area contributed by atoms with Gasteiger partial charge in [0.15, 0.2) is 0 Å². The highest BCUT2D eigenvalue weighted by atomic mass is 16.6. The number of nitrogens with zero attached hydrogens (tertiary/aromatic N) is 3. The van der Waals surface area contributed by atoms with Crippen LogP contribution in [0, 0.1) is 17.0 Å². The number of aromatic nitrogens is 1. The Labute approximate surface area is 231 Å². The van der Waals surface area contributed by atoms with Crippen molar-refractivity contribution in [3.8, 4) is 22.7 Å². The summed E-state index contributed by atoms with van der Waals surface area (Å²) in [5.41, 5.74) is 8.60. The molecule has 0 saturated heterocycles. The van der Waals surface area contributed by atoms with Crippen molar-refractivity contribution >= 4 is 17.8 Å². The highest BCUT2D eigenvalue weighted by molar-refractivity contribution is 5.95. The third-order valence-corrected chi connectivity index (χ3v) is 6.34. The van der Waals surface area contributed by atoms with Gasteiger partial charge in [0.25, 0.3) is 11.6 Å². The van der Waals surface area contributed by atoms with Crippen LogP contribution in [-0.4, -0.2) is 21.6 Å². The van der Waals surface area contributed by atoms with E-state index >= 15 is 0 Å². The number of hydrazone groups is 1. The fourth-order valence-corrected chi connectivity index (χ4v) is 4.34. The Balaban J connectivity index is 1.24. The van der Waals surface area contributed by atoms with E-state index < -0.39 is 4.92 Å². The molecule has 0 aliphatic heterocycles. The first-order valence-corrected chi connectivity index (χ1v) is 12.6.